The van der Waals surface area contributed by atoms with Crippen LogP contribution in [0.1, 0.15) is 5.56 Å². The summed E-state index contributed by atoms with van der Waals surface area (Å²) in [5.74, 6) is -0.319. The quantitative estimate of drug-likeness (QED) is 0.554. The topological polar surface area (TPSA) is 81.8 Å². The van der Waals surface area contributed by atoms with Crippen molar-refractivity contribution < 1.29 is 5.11 Å². The maximum atomic E-state index is 11.8. The Morgan fingerprint density at radius 3 is 2.56 bits per heavy atom. The van der Waals surface area contributed by atoms with Crippen LogP contribution in [0.5, 0.6) is 5.75 Å². The number of halogens is 1. The standard InChI is InChI=1S/C18H10ClN3O2S/c19-15-6-5-14(25-15)10-1-3-11(4-2-10)22-8-7-13-16(22)17(23)12(9-20)18(24)21-13/h1-8H,(H2,21,23,24). The normalized spacial score (nSPS) is 10.9. The molecule has 3 heterocycles. The molecule has 0 aliphatic rings. The number of aromatic amines is 1. The fourth-order valence-electron chi connectivity index (χ4n) is 2.76. The van der Waals surface area contributed by atoms with Gasteiger partial charge in [0.05, 0.1) is 9.85 Å². The van der Waals surface area contributed by atoms with E-state index < -0.39 is 5.56 Å². The third kappa shape index (κ3) is 2.50. The van der Waals surface area contributed by atoms with E-state index in [0.717, 1.165) is 20.5 Å². The zero-order chi connectivity index (χ0) is 17.6. The van der Waals surface area contributed by atoms with Crippen molar-refractivity contribution >= 4 is 34.0 Å². The number of aromatic hydroxyl groups is 1. The second-order valence-corrected chi connectivity index (χ2v) is 7.10. The van der Waals surface area contributed by atoms with Gasteiger partial charge in [-0.2, -0.15) is 5.26 Å². The molecule has 25 heavy (non-hydrogen) atoms. The van der Waals surface area contributed by atoms with Crippen LogP contribution in [-0.2, 0) is 0 Å². The summed E-state index contributed by atoms with van der Waals surface area (Å²) in [7, 11) is 0. The summed E-state index contributed by atoms with van der Waals surface area (Å²) in [6.07, 6.45) is 1.73. The molecule has 0 radical (unpaired) electrons. The average Bonchev–Trinajstić information content (AvgIpc) is 3.22. The molecular weight excluding hydrogens is 358 g/mol. The number of hydrogen-bond acceptors (Lipinski definition) is 4. The van der Waals surface area contributed by atoms with Crippen LogP contribution in [0.15, 0.2) is 53.5 Å². The highest BCUT2D eigenvalue weighted by Crippen LogP contribution is 2.32. The highest BCUT2D eigenvalue weighted by molar-refractivity contribution is 7.19. The predicted molar refractivity (Wildman–Crippen MR) is 98.6 cm³/mol. The first-order valence-corrected chi connectivity index (χ1v) is 8.50. The molecule has 0 atom stereocenters. The molecule has 3 aromatic heterocycles. The Hall–Kier alpha value is -3.01. The molecule has 122 valence electrons. The predicted octanol–water partition coefficient (Wildman–Crippen LogP) is 4.28. The zero-order valence-corrected chi connectivity index (χ0v) is 14.2. The van der Waals surface area contributed by atoms with Gasteiger partial charge >= 0.3 is 0 Å². The lowest BCUT2D eigenvalue weighted by atomic mass is 10.1. The molecule has 4 aromatic rings. The van der Waals surface area contributed by atoms with E-state index in [4.69, 9.17) is 16.9 Å². The molecule has 0 aliphatic carbocycles. The van der Waals surface area contributed by atoms with Gasteiger partial charge in [0, 0.05) is 16.8 Å². The molecule has 1 aromatic carbocycles. The van der Waals surface area contributed by atoms with Gasteiger partial charge in [0.15, 0.2) is 11.3 Å². The molecule has 0 saturated carbocycles. The van der Waals surface area contributed by atoms with Gasteiger partial charge in [-0.05, 0) is 35.9 Å². The van der Waals surface area contributed by atoms with Gasteiger partial charge < -0.3 is 14.7 Å². The van der Waals surface area contributed by atoms with Crippen LogP contribution < -0.4 is 5.56 Å². The number of aromatic nitrogens is 2. The van der Waals surface area contributed by atoms with E-state index in [1.807, 2.05) is 36.4 Å². The lowest BCUT2D eigenvalue weighted by molar-refractivity contribution is 0.476. The summed E-state index contributed by atoms with van der Waals surface area (Å²) in [5.41, 5.74) is 1.80. The van der Waals surface area contributed by atoms with Crippen LogP contribution in [-0.4, -0.2) is 14.7 Å². The zero-order valence-electron chi connectivity index (χ0n) is 12.7. The highest BCUT2D eigenvalue weighted by atomic mass is 35.5. The van der Waals surface area contributed by atoms with Gasteiger partial charge in [0.2, 0.25) is 0 Å². The number of hydrogen-bond donors (Lipinski definition) is 2. The Bertz CT molecular complexity index is 1200. The number of H-pyrrole nitrogens is 1. The van der Waals surface area contributed by atoms with Crippen molar-refractivity contribution in [2.24, 2.45) is 0 Å². The molecule has 5 nitrogen and oxygen atoms in total. The molecule has 0 fully saturated rings. The Morgan fingerprint density at radius 2 is 1.92 bits per heavy atom. The van der Waals surface area contributed by atoms with Gasteiger partial charge in [-0.15, -0.1) is 11.3 Å². The van der Waals surface area contributed by atoms with Crippen molar-refractivity contribution in [3.8, 4) is 27.9 Å². The number of fused-ring (bicyclic) bond motifs is 1. The van der Waals surface area contributed by atoms with Crippen molar-refractivity contribution in [1.29, 1.82) is 5.26 Å². The highest BCUT2D eigenvalue weighted by Gasteiger charge is 2.15. The number of rotatable bonds is 2. The minimum atomic E-state index is -0.602. The first-order valence-electron chi connectivity index (χ1n) is 7.31. The van der Waals surface area contributed by atoms with E-state index >= 15 is 0 Å². The summed E-state index contributed by atoms with van der Waals surface area (Å²) in [6, 6.07) is 15.0. The third-order valence-corrected chi connectivity index (χ3v) is 5.22. The van der Waals surface area contributed by atoms with Crippen LogP contribution in [0.3, 0.4) is 0 Å². The number of thiophene rings is 1. The Morgan fingerprint density at radius 1 is 1.16 bits per heavy atom. The van der Waals surface area contributed by atoms with E-state index in [0.29, 0.717) is 11.0 Å². The summed E-state index contributed by atoms with van der Waals surface area (Å²) in [5, 5.41) is 19.4. The molecule has 0 amide bonds. The van der Waals surface area contributed by atoms with E-state index in [1.54, 1.807) is 22.9 Å². The van der Waals surface area contributed by atoms with Crippen molar-refractivity contribution in [3.63, 3.8) is 0 Å². The first-order chi connectivity index (χ1) is 12.1. The van der Waals surface area contributed by atoms with E-state index in [-0.39, 0.29) is 11.3 Å². The monoisotopic (exact) mass is 367 g/mol. The molecule has 0 saturated heterocycles. The molecular formula is C18H10ClN3O2S. The van der Waals surface area contributed by atoms with Crippen LogP contribution in [0.4, 0.5) is 0 Å². The summed E-state index contributed by atoms with van der Waals surface area (Å²) in [4.78, 5) is 15.4. The SMILES string of the molecule is N#Cc1c(O)c2c(ccn2-c2ccc(-c3ccc(Cl)s3)cc2)[nH]c1=O. The van der Waals surface area contributed by atoms with Gasteiger partial charge in [-0.25, -0.2) is 0 Å². The van der Waals surface area contributed by atoms with Crippen LogP contribution in [0, 0.1) is 11.3 Å². The van der Waals surface area contributed by atoms with Gasteiger partial charge in [-0.3, -0.25) is 4.79 Å². The molecule has 0 unspecified atom stereocenters. The third-order valence-electron chi connectivity index (χ3n) is 3.94. The summed E-state index contributed by atoms with van der Waals surface area (Å²) in [6.45, 7) is 0. The van der Waals surface area contributed by atoms with Crippen molar-refractivity contribution in [1.82, 2.24) is 9.55 Å². The maximum absolute atomic E-state index is 11.8. The second-order valence-electron chi connectivity index (χ2n) is 5.39. The van der Waals surface area contributed by atoms with Gasteiger partial charge in [0.1, 0.15) is 11.6 Å². The van der Waals surface area contributed by atoms with E-state index in [1.165, 1.54) is 11.3 Å². The summed E-state index contributed by atoms with van der Waals surface area (Å²) < 4.78 is 2.46. The largest absolute Gasteiger partial charge is 0.504 e. The van der Waals surface area contributed by atoms with E-state index in [9.17, 15) is 9.90 Å². The minimum Gasteiger partial charge on any atom is -0.504 e. The van der Waals surface area contributed by atoms with Crippen molar-refractivity contribution in [2.45, 2.75) is 0 Å². The minimum absolute atomic E-state index is 0.294. The van der Waals surface area contributed by atoms with Crippen LogP contribution in [0.2, 0.25) is 4.34 Å². The Balaban J connectivity index is 1.85. The molecule has 0 aliphatic heterocycles. The lowest BCUT2D eigenvalue weighted by Gasteiger charge is -2.08. The molecule has 7 heteroatoms. The van der Waals surface area contributed by atoms with Crippen molar-refractivity contribution in [2.75, 3.05) is 0 Å². The van der Waals surface area contributed by atoms with Crippen LogP contribution in [0.25, 0.3) is 27.2 Å². The fourth-order valence-corrected chi connectivity index (χ4v) is 3.81. The fraction of sp³-hybridized carbons (Fsp3) is 0. The molecule has 4 rings (SSSR count). The molecule has 0 bridgehead atoms. The van der Waals surface area contributed by atoms with Gasteiger partial charge in [-0.1, -0.05) is 23.7 Å². The second kappa shape index (κ2) is 5.81. The number of nitrogens with zero attached hydrogens (tertiary/aromatic N) is 2. The Kier molecular flexibility index (Phi) is 3.61. The number of nitriles is 1. The number of benzene rings is 1. The van der Waals surface area contributed by atoms with Gasteiger partial charge in [0.25, 0.3) is 5.56 Å². The molecule has 2 N–H and O–H groups in total. The summed E-state index contributed by atoms with van der Waals surface area (Å²) >= 11 is 7.48. The molecule has 0 spiro atoms. The Labute approximate surface area is 151 Å². The maximum Gasteiger partial charge on any atom is 0.270 e. The average molecular weight is 368 g/mol. The van der Waals surface area contributed by atoms with Crippen LogP contribution >= 0.6 is 22.9 Å². The lowest BCUT2D eigenvalue weighted by Crippen LogP contribution is -2.10. The van der Waals surface area contributed by atoms with Crippen molar-refractivity contribution in [3.05, 3.63) is 68.9 Å². The first kappa shape index (κ1) is 15.5. The van der Waals surface area contributed by atoms with E-state index in [2.05, 4.69) is 4.98 Å². The number of pyridine rings is 1. The smallest absolute Gasteiger partial charge is 0.270 e. The number of nitrogens with one attached hydrogen (secondary N) is 1.